The van der Waals surface area contributed by atoms with Crippen molar-refractivity contribution in [1.82, 2.24) is 5.32 Å². The molecule has 0 aromatic heterocycles. The first-order chi connectivity index (χ1) is 12.3. The number of carbonyl (C=O) groups excluding carboxylic acids is 1. The number of methoxy groups -OCH3 is 1. The van der Waals surface area contributed by atoms with Crippen LogP contribution in [0.15, 0.2) is 36.4 Å². The largest absolute Gasteiger partial charge is 0.496 e. The molecule has 0 spiro atoms. The molecule has 0 bridgehead atoms. The second-order valence-corrected chi connectivity index (χ2v) is 6.73. The van der Waals surface area contributed by atoms with Crippen molar-refractivity contribution in [2.24, 2.45) is 0 Å². The third-order valence-electron chi connectivity index (χ3n) is 4.56. The lowest BCUT2D eigenvalue weighted by atomic mass is 10.0. The first-order valence-electron chi connectivity index (χ1n) is 9.04. The number of aryl methyl sites for hydroxylation is 3. The highest BCUT2D eigenvalue weighted by atomic mass is 16.5. The summed E-state index contributed by atoms with van der Waals surface area (Å²) in [4.78, 5) is 12.6. The Hall–Kier alpha value is -2.49. The fourth-order valence-electron chi connectivity index (χ4n) is 2.91. The van der Waals surface area contributed by atoms with E-state index in [1.807, 2.05) is 51.1 Å². The summed E-state index contributed by atoms with van der Waals surface area (Å²) in [5.74, 6) is 1.48. The lowest BCUT2D eigenvalue weighted by Crippen LogP contribution is -2.38. The molecule has 0 saturated carbocycles. The fraction of sp³-hybridized carbons (Fsp3) is 0.409. The highest BCUT2D eigenvalue weighted by Crippen LogP contribution is 2.25. The van der Waals surface area contributed by atoms with E-state index in [0.717, 1.165) is 40.2 Å². The van der Waals surface area contributed by atoms with Crippen molar-refractivity contribution in [2.75, 3.05) is 7.11 Å². The molecule has 0 radical (unpaired) electrons. The molecule has 0 aliphatic rings. The van der Waals surface area contributed by atoms with Crippen LogP contribution in [0.5, 0.6) is 11.5 Å². The van der Waals surface area contributed by atoms with Gasteiger partial charge >= 0.3 is 0 Å². The second kappa shape index (κ2) is 8.75. The number of hydrogen-bond donors (Lipinski definition) is 1. The summed E-state index contributed by atoms with van der Waals surface area (Å²) in [6.07, 6.45) is 0.233. The van der Waals surface area contributed by atoms with Crippen molar-refractivity contribution in [1.29, 1.82) is 0 Å². The lowest BCUT2D eigenvalue weighted by molar-refractivity contribution is -0.128. The van der Waals surface area contributed by atoms with Crippen LogP contribution in [0.2, 0.25) is 0 Å². The predicted molar refractivity (Wildman–Crippen MR) is 105 cm³/mol. The zero-order chi connectivity index (χ0) is 19.3. The van der Waals surface area contributed by atoms with Crippen LogP contribution in [0.25, 0.3) is 0 Å². The van der Waals surface area contributed by atoms with Crippen LogP contribution in [0.3, 0.4) is 0 Å². The van der Waals surface area contributed by atoms with Gasteiger partial charge in [0.2, 0.25) is 0 Å². The van der Waals surface area contributed by atoms with Crippen LogP contribution < -0.4 is 14.8 Å². The molecule has 2 rings (SSSR count). The lowest BCUT2D eigenvalue weighted by Gasteiger charge is -2.22. The molecule has 0 saturated heterocycles. The van der Waals surface area contributed by atoms with Gasteiger partial charge in [-0.2, -0.15) is 0 Å². The maximum atomic E-state index is 12.6. The number of nitrogens with one attached hydrogen (secondary N) is 1. The number of hydrogen-bond acceptors (Lipinski definition) is 3. The van der Waals surface area contributed by atoms with E-state index in [-0.39, 0.29) is 11.9 Å². The molecule has 2 aromatic rings. The third-order valence-corrected chi connectivity index (χ3v) is 4.56. The van der Waals surface area contributed by atoms with Gasteiger partial charge in [-0.25, -0.2) is 0 Å². The van der Waals surface area contributed by atoms with Gasteiger partial charge < -0.3 is 14.8 Å². The van der Waals surface area contributed by atoms with Crippen molar-refractivity contribution in [3.05, 3.63) is 58.7 Å². The molecule has 2 atom stereocenters. The Morgan fingerprint density at radius 2 is 1.77 bits per heavy atom. The average molecular weight is 355 g/mol. The second-order valence-electron chi connectivity index (χ2n) is 6.73. The minimum Gasteiger partial charge on any atom is -0.496 e. The normalized spacial score (nSPS) is 13.0. The molecule has 4 heteroatoms. The minimum atomic E-state index is -0.566. The van der Waals surface area contributed by atoms with Crippen LogP contribution >= 0.6 is 0 Å². The number of amides is 1. The first-order valence-corrected chi connectivity index (χ1v) is 9.04. The van der Waals surface area contributed by atoms with E-state index in [1.165, 1.54) is 0 Å². The molecule has 4 nitrogen and oxygen atoms in total. The first kappa shape index (κ1) is 19.8. The van der Waals surface area contributed by atoms with Gasteiger partial charge in [0.1, 0.15) is 11.5 Å². The molecule has 0 heterocycles. The predicted octanol–water partition coefficient (Wildman–Crippen LogP) is 4.66. The highest BCUT2D eigenvalue weighted by molar-refractivity contribution is 5.81. The Morgan fingerprint density at radius 1 is 1.04 bits per heavy atom. The Balaban J connectivity index is 2.08. The Morgan fingerprint density at radius 3 is 2.38 bits per heavy atom. The quantitative estimate of drug-likeness (QED) is 0.786. The summed E-state index contributed by atoms with van der Waals surface area (Å²) in [5, 5.41) is 3.10. The summed E-state index contributed by atoms with van der Waals surface area (Å²) in [6.45, 7) is 9.83. The van der Waals surface area contributed by atoms with Crippen LogP contribution in [0.1, 0.15) is 48.6 Å². The molecule has 0 aliphatic heterocycles. The van der Waals surface area contributed by atoms with Gasteiger partial charge in [0.25, 0.3) is 5.91 Å². The van der Waals surface area contributed by atoms with Gasteiger partial charge in [0.15, 0.2) is 6.10 Å². The number of rotatable bonds is 7. The highest BCUT2D eigenvalue weighted by Gasteiger charge is 2.20. The third kappa shape index (κ3) is 4.78. The van der Waals surface area contributed by atoms with E-state index in [9.17, 15) is 4.79 Å². The van der Waals surface area contributed by atoms with Gasteiger partial charge in [0, 0.05) is 0 Å². The van der Waals surface area contributed by atoms with Gasteiger partial charge in [-0.15, -0.1) is 0 Å². The maximum Gasteiger partial charge on any atom is 0.261 e. The number of carbonyl (C=O) groups is 1. The van der Waals surface area contributed by atoms with Gasteiger partial charge in [-0.3, -0.25) is 4.79 Å². The molecule has 26 heavy (non-hydrogen) atoms. The van der Waals surface area contributed by atoms with Crippen molar-refractivity contribution in [3.63, 3.8) is 0 Å². The summed E-state index contributed by atoms with van der Waals surface area (Å²) >= 11 is 0. The van der Waals surface area contributed by atoms with Crippen molar-refractivity contribution >= 4 is 5.91 Å². The monoisotopic (exact) mass is 355 g/mol. The molecule has 1 N–H and O–H groups in total. The molecule has 0 fully saturated rings. The van der Waals surface area contributed by atoms with Gasteiger partial charge in [-0.1, -0.05) is 31.2 Å². The molecule has 2 aromatic carbocycles. The standard InChI is InChI=1S/C22H29NO3/c1-7-19(18-10-11-20(25-6)16(4)13-18)23-22(24)17(5)26-21-12-14(2)8-9-15(21)3/h8-13,17,19H,7H2,1-6H3,(H,23,24)/t17-,19+/m0/s1. The Kier molecular flexibility index (Phi) is 6.67. The van der Waals surface area contributed by atoms with Crippen molar-refractivity contribution in [3.8, 4) is 11.5 Å². The van der Waals surface area contributed by atoms with Crippen LogP contribution in [0, 0.1) is 20.8 Å². The van der Waals surface area contributed by atoms with Gasteiger partial charge in [0.05, 0.1) is 13.2 Å². The maximum absolute atomic E-state index is 12.6. The van der Waals surface area contributed by atoms with E-state index < -0.39 is 6.10 Å². The van der Waals surface area contributed by atoms with E-state index in [0.29, 0.717) is 0 Å². The molecular weight excluding hydrogens is 326 g/mol. The SMILES string of the molecule is CC[C@@H](NC(=O)[C@H](C)Oc1cc(C)ccc1C)c1ccc(OC)c(C)c1. The van der Waals surface area contributed by atoms with Crippen LogP contribution in [0.4, 0.5) is 0 Å². The van der Waals surface area contributed by atoms with Crippen molar-refractivity contribution < 1.29 is 14.3 Å². The Bertz CT molecular complexity index is 770. The molecule has 140 valence electrons. The zero-order valence-electron chi connectivity index (χ0n) is 16.6. The van der Waals surface area contributed by atoms with Gasteiger partial charge in [-0.05, 0) is 68.5 Å². The van der Waals surface area contributed by atoms with E-state index in [2.05, 4.69) is 18.3 Å². The molecule has 0 aliphatic carbocycles. The van der Waals surface area contributed by atoms with E-state index in [4.69, 9.17) is 9.47 Å². The molecular formula is C22H29NO3. The smallest absolute Gasteiger partial charge is 0.261 e. The number of benzene rings is 2. The summed E-state index contributed by atoms with van der Waals surface area (Å²) in [6, 6.07) is 11.9. The van der Waals surface area contributed by atoms with Crippen LogP contribution in [-0.2, 0) is 4.79 Å². The zero-order valence-corrected chi connectivity index (χ0v) is 16.6. The fourth-order valence-corrected chi connectivity index (χ4v) is 2.91. The Labute approximate surface area is 156 Å². The molecule has 1 amide bonds. The summed E-state index contributed by atoms with van der Waals surface area (Å²) < 4.78 is 11.2. The average Bonchev–Trinajstić information content (AvgIpc) is 2.62. The molecule has 0 unspecified atom stereocenters. The summed E-state index contributed by atoms with van der Waals surface area (Å²) in [5.41, 5.74) is 4.25. The minimum absolute atomic E-state index is 0.0586. The van der Waals surface area contributed by atoms with E-state index >= 15 is 0 Å². The summed E-state index contributed by atoms with van der Waals surface area (Å²) in [7, 11) is 1.66. The van der Waals surface area contributed by atoms with Crippen molar-refractivity contribution in [2.45, 2.75) is 53.2 Å². The number of ether oxygens (including phenoxy) is 2. The topological polar surface area (TPSA) is 47.6 Å². The van der Waals surface area contributed by atoms with Crippen LogP contribution in [-0.4, -0.2) is 19.1 Å². The van der Waals surface area contributed by atoms with E-state index in [1.54, 1.807) is 14.0 Å².